The molecule has 0 saturated carbocycles. The molecule has 108 valence electrons. The highest BCUT2D eigenvalue weighted by molar-refractivity contribution is 14.0. The van der Waals surface area contributed by atoms with E-state index in [9.17, 15) is 0 Å². The molecule has 0 bridgehead atoms. The van der Waals surface area contributed by atoms with Gasteiger partial charge in [0, 0.05) is 6.04 Å². The van der Waals surface area contributed by atoms with Crippen molar-refractivity contribution in [3.8, 4) is 5.75 Å². The number of rotatable bonds is 5. The molecule has 0 aliphatic carbocycles. The summed E-state index contributed by atoms with van der Waals surface area (Å²) in [6, 6.07) is 6.41. The molecule has 0 amide bonds. The molecule has 1 aromatic rings. The Hall–Kier alpha value is -0.980. The Morgan fingerprint density at radius 3 is 2.42 bits per heavy atom. The van der Waals surface area contributed by atoms with Crippen LogP contribution in [0.25, 0.3) is 0 Å². The zero-order valence-electron chi connectivity index (χ0n) is 12.1. The summed E-state index contributed by atoms with van der Waals surface area (Å²) in [5.41, 5.74) is 7.99. The minimum atomic E-state index is 0. The second-order valence-corrected chi connectivity index (χ2v) is 4.64. The molecule has 0 aliphatic rings. The fourth-order valence-electron chi connectivity index (χ4n) is 1.68. The molecule has 0 atom stereocenters. The number of nitrogens with one attached hydrogen (secondary N) is 1. The van der Waals surface area contributed by atoms with Crippen LogP contribution in [-0.2, 0) is 0 Å². The first kappa shape index (κ1) is 18.0. The summed E-state index contributed by atoms with van der Waals surface area (Å²) in [5, 5.41) is 3.04. The van der Waals surface area contributed by atoms with Crippen LogP contribution in [0, 0.1) is 13.8 Å². The lowest BCUT2D eigenvalue weighted by atomic mass is 10.1. The second kappa shape index (κ2) is 9.01. The largest absolute Gasteiger partial charge is 0.491 e. The Balaban J connectivity index is 0.00000324. The minimum absolute atomic E-state index is 0. The fourth-order valence-corrected chi connectivity index (χ4v) is 1.68. The molecule has 1 aromatic carbocycles. The van der Waals surface area contributed by atoms with Crippen molar-refractivity contribution in [2.24, 2.45) is 10.7 Å². The van der Waals surface area contributed by atoms with Gasteiger partial charge < -0.3 is 15.8 Å². The van der Waals surface area contributed by atoms with Crippen molar-refractivity contribution in [1.29, 1.82) is 0 Å². The van der Waals surface area contributed by atoms with Gasteiger partial charge in [0.15, 0.2) is 5.96 Å². The third-order valence-corrected chi connectivity index (χ3v) is 2.47. The first-order valence-corrected chi connectivity index (χ1v) is 6.26. The van der Waals surface area contributed by atoms with Crippen molar-refractivity contribution in [2.75, 3.05) is 13.2 Å². The number of hydrogen-bond donors (Lipinski definition) is 2. The van der Waals surface area contributed by atoms with Crippen LogP contribution < -0.4 is 15.8 Å². The van der Waals surface area contributed by atoms with Gasteiger partial charge in [-0.05, 0) is 38.8 Å². The zero-order chi connectivity index (χ0) is 13.5. The normalized spacial score (nSPS) is 11.1. The van der Waals surface area contributed by atoms with Crippen LogP contribution in [0.1, 0.15) is 25.0 Å². The molecule has 0 spiro atoms. The van der Waals surface area contributed by atoms with E-state index in [0.717, 1.165) is 16.9 Å². The van der Waals surface area contributed by atoms with Gasteiger partial charge in [0.2, 0.25) is 0 Å². The molecule has 0 heterocycles. The van der Waals surface area contributed by atoms with Crippen LogP contribution in [0.3, 0.4) is 0 Å². The molecular formula is C14H24IN3O. The standard InChI is InChI=1S/C14H23N3O.HI/c1-10(2)17-14(15)16-8-9-18-13-11(3)6-5-7-12(13)4;/h5-7,10H,8-9H2,1-4H3,(H3,15,16,17);1H. The predicted octanol–water partition coefficient (Wildman–Crippen LogP) is 2.61. The number of nitrogens with zero attached hydrogens (tertiary/aromatic N) is 1. The number of benzene rings is 1. The van der Waals surface area contributed by atoms with Crippen LogP contribution in [0.4, 0.5) is 0 Å². The number of aliphatic imine (C=N–C) groups is 1. The van der Waals surface area contributed by atoms with E-state index in [1.165, 1.54) is 0 Å². The van der Waals surface area contributed by atoms with Crippen LogP contribution in [0.5, 0.6) is 5.75 Å². The van der Waals surface area contributed by atoms with Crippen LogP contribution in [0.2, 0.25) is 0 Å². The average molecular weight is 377 g/mol. The van der Waals surface area contributed by atoms with E-state index in [-0.39, 0.29) is 24.0 Å². The summed E-state index contributed by atoms with van der Waals surface area (Å²) < 4.78 is 5.73. The lowest BCUT2D eigenvalue weighted by Crippen LogP contribution is -2.37. The van der Waals surface area contributed by atoms with Gasteiger partial charge in [-0.2, -0.15) is 0 Å². The lowest BCUT2D eigenvalue weighted by Gasteiger charge is -2.11. The summed E-state index contributed by atoms with van der Waals surface area (Å²) in [6.07, 6.45) is 0. The van der Waals surface area contributed by atoms with Gasteiger partial charge in [0.05, 0.1) is 6.54 Å². The SMILES string of the molecule is Cc1cccc(C)c1OCCN=C(N)NC(C)C.I. The summed E-state index contributed by atoms with van der Waals surface area (Å²) in [7, 11) is 0. The molecule has 0 unspecified atom stereocenters. The van der Waals surface area contributed by atoms with E-state index in [1.54, 1.807) is 0 Å². The second-order valence-electron chi connectivity index (χ2n) is 4.64. The van der Waals surface area contributed by atoms with Crippen molar-refractivity contribution >= 4 is 29.9 Å². The molecule has 0 aromatic heterocycles. The highest BCUT2D eigenvalue weighted by atomic mass is 127. The van der Waals surface area contributed by atoms with Crippen molar-refractivity contribution < 1.29 is 4.74 Å². The third-order valence-electron chi connectivity index (χ3n) is 2.47. The van der Waals surface area contributed by atoms with Crippen molar-refractivity contribution in [2.45, 2.75) is 33.7 Å². The number of para-hydroxylation sites is 1. The fraction of sp³-hybridized carbons (Fsp3) is 0.500. The van der Waals surface area contributed by atoms with Crippen LogP contribution in [0.15, 0.2) is 23.2 Å². The Morgan fingerprint density at radius 2 is 1.89 bits per heavy atom. The highest BCUT2D eigenvalue weighted by Gasteiger charge is 2.02. The Bertz CT molecular complexity index is 399. The average Bonchev–Trinajstić information content (AvgIpc) is 2.26. The van der Waals surface area contributed by atoms with Crippen molar-refractivity contribution in [3.63, 3.8) is 0 Å². The summed E-state index contributed by atoms with van der Waals surface area (Å²) in [5.74, 6) is 1.41. The molecule has 0 saturated heterocycles. The monoisotopic (exact) mass is 377 g/mol. The number of halogens is 1. The van der Waals surface area contributed by atoms with E-state index in [1.807, 2.05) is 45.9 Å². The lowest BCUT2D eigenvalue weighted by molar-refractivity contribution is 0.324. The molecule has 0 fully saturated rings. The molecule has 19 heavy (non-hydrogen) atoms. The third kappa shape index (κ3) is 6.66. The van der Waals surface area contributed by atoms with Gasteiger partial charge in [-0.1, -0.05) is 18.2 Å². The van der Waals surface area contributed by atoms with E-state index in [2.05, 4.69) is 10.3 Å². The van der Waals surface area contributed by atoms with E-state index in [4.69, 9.17) is 10.5 Å². The van der Waals surface area contributed by atoms with E-state index in [0.29, 0.717) is 25.2 Å². The predicted molar refractivity (Wildman–Crippen MR) is 91.6 cm³/mol. The maximum atomic E-state index is 5.73. The van der Waals surface area contributed by atoms with Crippen LogP contribution >= 0.6 is 24.0 Å². The molecule has 3 N–H and O–H groups in total. The summed E-state index contributed by atoms with van der Waals surface area (Å²) in [6.45, 7) is 9.22. The maximum absolute atomic E-state index is 5.73. The molecule has 5 heteroatoms. The quantitative estimate of drug-likeness (QED) is 0.359. The van der Waals surface area contributed by atoms with E-state index >= 15 is 0 Å². The van der Waals surface area contributed by atoms with Crippen molar-refractivity contribution in [3.05, 3.63) is 29.3 Å². The Morgan fingerprint density at radius 1 is 1.32 bits per heavy atom. The summed E-state index contributed by atoms with van der Waals surface area (Å²) in [4.78, 5) is 4.20. The van der Waals surface area contributed by atoms with Gasteiger partial charge >= 0.3 is 0 Å². The number of nitrogens with two attached hydrogens (primary N) is 1. The molecule has 0 aliphatic heterocycles. The number of guanidine groups is 1. The molecule has 0 radical (unpaired) electrons. The van der Waals surface area contributed by atoms with Crippen molar-refractivity contribution in [1.82, 2.24) is 5.32 Å². The number of aryl methyl sites for hydroxylation is 2. The van der Waals surface area contributed by atoms with Gasteiger partial charge in [-0.3, -0.25) is 0 Å². The first-order chi connectivity index (χ1) is 8.50. The number of hydrogen-bond acceptors (Lipinski definition) is 2. The first-order valence-electron chi connectivity index (χ1n) is 6.26. The summed E-state index contributed by atoms with van der Waals surface area (Å²) >= 11 is 0. The minimum Gasteiger partial charge on any atom is -0.491 e. The van der Waals surface area contributed by atoms with Gasteiger partial charge in [0.25, 0.3) is 0 Å². The van der Waals surface area contributed by atoms with Gasteiger partial charge in [-0.15, -0.1) is 24.0 Å². The smallest absolute Gasteiger partial charge is 0.188 e. The maximum Gasteiger partial charge on any atom is 0.188 e. The molecule has 4 nitrogen and oxygen atoms in total. The van der Waals surface area contributed by atoms with E-state index < -0.39 is 0 Å². The number of ether oxygens (including phenoxy) is 1. The van der Waals surface area contributed by atoms with Gasteiger partial charge in [0.1, 0.15) is 12.4 Å². The Kier molecular flexibility index (Phi) is 8.54. The zero-order valence-corrected chi connectivity index (χ0v) is 14.4. The Labute approximate surface area is 132 Å². The van der Waals surface area contributed by atoms with Crippen LogP contribution in [-0.4, -0.2) is 25.2 Å². The van der Waals surface area contributed by atoms with Gasteiger partial charge in [-0.25, -0.2) is 4.99 Å². The molecule has 1 rings (SSSR count). The topological polar surface area (TPSA) is 59.6 Å². The highest BCUT2D eigenvalue weighted by Crippen LogP contribution is 2.21. The molecular weight excluding hydrogens is 353 g/mol.